The van der Waals surface area contributed by atoms with Gasteiger partial charge in [-0.2, -0.15) is 5.10 Å². The third-order valence-corrected chi connectivity index (χ3v) is 5.20. The number of nitrogens with zero attached hydrogens (tertiary/aromatic N) is 5. The molecular weight excluding hydrogens is 318 g/mol. The van der Waals surface area contributed by atoms with E-state index in [0.29, 0.717) is 12.6 Å². The predicted octanol–water partition coefficient (Wildman–Crippen LogP) is 0.379. The molecule has 2 atom stereocenters. The van der Waals surface area contributed by atoms with Crippen LogP contribution in [0.5, 0.6) is 0 Å². The van der Waals surface area contributed by atoms with E-state index in [-0.39, 0.29) is 6.10 Å². The molecule has 0 radical (unpaired) electrons. The minimum Gasteiger partial charge on any atom is -0.390 e. The van der Waals surface area contributed by atoms with Gasteiger partial charge < -0.3 is 14.7 Å². The smallest absolute Gasteiger partial charge is 0.151 e. The predicted molar refractivity (Wildman–Crippen MR) is 97.9 cm³/mol. The number of hydrogen-bond donors (Lipinski definition) is 1. The summed E-state index contributed by atoms with van der Waals surface area (Å²) in [6, 6.07) is 4.51. The normalized spacial score (nSPS) is 23.8. The zero-order valence-electron chi connectivity index (χ0n) is 15.5. The largest absolute Gasteiger partial charge is 0.390 e. The van der Waals surface area contributed by atoms with Gasteiger partial charge in [0.25, 0.3) is 0 Å². The van der Waals surface area contributed by atoms with E-state index in [1.807, 2.05) is 13.0 Å². The quantitative estimate of drug-likeness (QED) is 0.796. The average Bonchev–Trinajstić information content (AvgIpc) is 2.63. The van der Waals surface area contributed by atoms with Gasteiger partial charge in [0.15, 0.2) is 5.82 Å². The van der Waals surface area contributed by atoms with Crippen LogP contribution in [0.1, 0.15) is 18.5 Å². The highest BCUT2D eigenvalue weighted by molar-refractivity contribution is 5.38. The number of rotatable bonds is 6. The zero-order valence-corrected chi connectivity index (χ0v) is 15.5. The zero-order chi connectivity index (χ0) is 17.6. The first kappa shape index (κ1) is 18.5. The van der Waals surface area contributed by atoms with E-state index in [4.69, 9.17) is 4.74 Å². The number of aliphatic hydroxyl groups is 1. The van der Waals surface area contributed by atoms with E-state index in [9.17, 15) is 5.11 Å². The first-order chi connectivity index (χ1) is 12.1. The molecule has 3 rings (SSSR count). The van der Waals surface area contributed by atoms with E-state index in [1.165, 1.54) is 0 Å². The summed E-state index contributed by atoms with van der Waals surface area (Å²) in [6.07, 6.45) is 1.98. The molecule has 2 fully saturated rings. The summed E-state index contributed by atoms with van der Waals surface area (Å²) in [5, 5.41) is 19.0. The van der Waals surface area contributed by atoms with Crippen LogP contribution in [-0.2, 0) is 4.74 Å². The standard InChI is InChI=1S/C18H31N5O2/c1-15-5-6-18(20-19-15)23-7-3-4-16(12-23)21(2)13-17(24)14-22-8-10-25-11-9-22/h5-6,16-17,24H,3-4,7-14H2,1-2H3/t16-,17-/m0/s1. The highest BCUT2D eigenvalue weighted by Crippen LogP contribution is 2.20. The Morgan fingerprint density at radius 1 is 1.28 bits per heavy atom. The Hall–Kier alpha value is -1.28. The fraction of sp³-hybridized carbons (Fsp3) is 0.778. The van der Waals surface area contributed by atoms with Crippen LogP contribution in [0, 0.1) is 6.92 Å². The summed E-state index contributed by atoms with van der Waals surface area (Å²) >= 11 is 0. The maximum Gasteiger partial charge on any atom is 0.151 e. The fourth-order valence-corrected chi connectivity index (χ4v) is 3.70. The van der Waals surface area contributed by atoms with Crippen molar-refractivity contribution in [3.05, 3.63) is 17.8 Å². The number of likely N-dealkylation sites (N-methyl/N-ethyl adjacent to an activating group) is 1. The van der Waals surface area contributed by atoms with Gasteiger partial charge in [-0.3, -0.25) is 9.80 Å². The monoisotopic (exact) mass is 349 g/mol. The second-order valence-corrected chi connectivity index (χ2v) is 7.28. The number of hydrogen-bond acceptors (Lipinski definition) is 7. The highest BCUT2D eigenvalue weighted by atomic mass is 16.5. The molecule has 0 amide bonds. The van der Waals surface area contributed by atoms with Crippen LogP contribution >= 0.6 is 0 Å². The lowest BCUT2D eigenvalue weighted by atomic mass is 10.0. The Morgan fingerprint density at radius 2 is 2.08 bits per heavy atom. The van der Waals surface area contributed by atoms with Crippen molar-refractivity contribution < 1.29 is 9.84 Å². The van der Waals surface area contributed by atoms with Crippen molar-refractivity contribution in [1.82, 2.24) is 20.0 Å². The Morgan fingerprint density at radius 3 is 2.80 bits per heavy atom. The topological polar surface area (TPSA) is 65.0 Å². The van der Waals surface area contributed by atoms with Gasteiger partial charge in [0.2, 0.25) is 0 Å². The molecule has 7 nitrogen and oxygen atoms in total. The molecule has 0 spiro atoms. The van der Waals surface area contributed by atoms with Crippen molar-refractivity contribution in [3.63, 3.8) is 0 Å². The SMILES string of the molecule is Cc1ccc(N2CCC[C@H](N(C)C[C@H](O)CN3CCOCC3)C2)nn1. The van der Waals surface area contributed by atoms with Crippen LogP contribution in [0.3, 0.4) is 0 Å². The molecule has 2 aliphatic heterocycles. The molecule has 7 heteroatoms. The summed E-state index contributed by atoms with van der Waals surface area (Å²) in [6.45, 7) is 8.75. The van der Waals surface area contributed by atoms with E-state index >= 15 is 0 Å². The maximum atomic E-state index is 10.5. The lowest BCUT2D eigenvalue weighted by molar-refractivity contribution is 0.00529. The van der Waals surface area contributed by atoms with Crippen LogP contribution in [-0.4, -0.2) is 96.8 Å². The van der Waals surface area contributed by atoms with E-state index in [0.717, 1.165) is 70.3 Å². The second-order valence-electron chi connectivity index (χ2n) is 7.28. The van der Waals surface area contributed by atoms with Gasteiger partial charge in [-0.15, -0.1) is 5.10 Å². The highest BCUT2D eigenvalue weighted by Gasteiger charge is 2.26. The van der Waals surface area contributed by atoms with Crippen molar-refractivity contribution in [2.75, 3.05) is 64.4 Å². The number of anilines is 1. The van der Waals surface area contributed by atoms with Crippen molar-refractivity contribution in [1.29, 1.82) is 0 Å². The van der Waals surface area contributed by atoms with E-state index in [2.05, 4.69) is 38.0 Å². The van der Waals surface area contributed by atoms with Crippen LogP contribution < -0.4 is 4.90 Å². The number of ether oxygens (including phenoxy) is 1. The number of aryl methyl sites for hydroxylation is 1. The Balaban J connectivity index is 1.49. The van der Waals surface area contributed by atoms with Gasteiger partial charge in [-0.05, 0) is 38.9 Å². The number of aromatic nitrogens is 2. The molecule has 0 aliphatic carbocycles. The van der Waals surface area contributed by atoms with Crippen LogP contribution in [0.15, 0.2) is 12.1 Å². The van der Waals surface area contributed by atoms with Crippen LogP contribution in [0.25, 0.3) is 0 Å². The molecule has 0 aromatic carbocycles. The molecule has 140 valence electrons. The fourth-order valence-electron chi connectivity index (χ4n) is 3.70. The molecule has 0 saturated carbocycles. The first-order valence-corrected chi connectivity index (χ1v) is 9.35. The molecule has 1 aromatic heterocycles. The van der Waals surface area contributed by atoms with Gasteiger partial charge in [0.1, 0.15) is 0 Å². The van der Waals surface area contributed by atoms with Crippen molar-refractivity contribution in [2.24, 2.45) is 0 Å². The van der Waals surface area contributed by atoms with Crippen LogP contribution in [0.2, 0.25) is 0 Å². The van der Waals surface area contributed by atoms with Crippen LogP contribution in [0.4, 0.5) is 5.82 Å². The number of aliphatic hydroxyl groups excluding tert-OH is 1. The molecule has 0 unspecified atom stereocenters. The summed E-state index contributed by atoms with van der Waals surface area (Å²) in [5.74, 6) is 0.956. The Bertz CT molecular complexity index is 521. The first-order valence-electron chi connectivity index (χ1n) is 9.35. The summed E-state index contributed by atoms with van der Waals surface area (Å²) in [7, 11) is 2.12. The molecule has 2 saturated heterocycles. The summed E-state index contributed by atoms with van der Waals surface area (Å²) in [4.78, 5) is 6.90. The molecule has 1 aromatic rings. The minimum atomic E-state index is -0.322. The molecule has 2 aliphatic rings. The molecule has 3 heterocycles. The second kappa shape index (κ2) is 8.89. The van der Waals surface area contributed by atoms with E-state index in [1.54, 1.807) is 0 Å². The number of morpholine rings is 1. The van der Waals surface area contributed by atoms with Gasteiger partial charge in [-0.1, -0.05) is 0 Å². The molecule has 0 bridgehead atoms. The summed E-state index contributed by atoms with van der Waals surface area (Å²) in [5.41, 5.74) is 0.945. The van der Waals surface area contributed by atoms with Gasteiger partial charge in [0, 0.05) is 45.3 Å². The van der Waals surface area contributed by atoms with Gasteiger partial charge in [-0.25, -0.2) is 0 Å². The minimum absolute atomic E-state index is 0.322. The molecule has 25 heavy (non-hydrogen) atoms. The number of piperidine rings is 1. The molecule has 1 N–H and O–H groups in total. The van der Waals surface area contributed by atoms with Gasteiger partial charge in [0.05, 0.1) is 25.0 Å². The Labute approximate surface area is 150 Å². The third-order valence-electron chi connectivity index (χ3n) is 5.20. The van der Waals surface area contributed by atoms with Crippen molar-refractivity contribution >= 4 is 5.82 Å². The average molecular weight is 349 g/mol. The third kappa shape index (κ3) is 5.34. The lowest BCUT2D eigenvalue weighted by Gasteiger charge is -2.39. The van der Waals surface area contributed by atoms with Crippen molar-refractivity contribution in [2.45, 2.75) is 31.9 Å². The van der Waals surface area contributed by atoms with Gasteiger partial charge >= 0.3 is 0 Å². The Kier molecular flexibility index (Phi) is 6.58. The number of β-amino-alcohol motifs (C(OH)–C–C–N with tert-alkyl or cyclic N) is 1. The summed E-state index contributed by atoms with van der Waals surface area (Å²) < 4.78 is 5.37. The lowest BCUT2D eigenvalue weighted by Crippen LogP contribution is -2.50. The molecular formula is C18H31N5O2. The van der Waals surface area contributed by atoms with E-state index < -0.39 is 0 Å². The maximum absolute atomic E-state index is 10.5. The van der Waals surface area contributed by atoms with Crippen molar-refractivity contribution in [3.8, 4) is 0 Å².